The number of carbonyl (C=O) groups excluding carboxylic acids is 4. The zero-order chi connectivity index (χ0) is 21.8. The van der Waals surface area contributed by atoms with Gasteiger partial charge in [0.15, 0.2) is 24.6 Å². The quantitative estimate of drug-likeness (QED) is 0.498. The summed E-state index contributed by atoms with van der Waals surface area (Å²) in [5.74, 6) is -2.95. The Morgan fingerprint density at radius 2 is 1.53 bits per heavy atom. The molecule has 2 fully saturated rings. The van der Waals surface area contributed by atoms with Gasteiger partial charge in [0.05, 0.1) is 6.61 Å². The van der Waals surface area contributed by atoms with Gasteiger partial charge in [-0.3, -0.25) is 14.4 Å². The largest absolute Gasteiger partial charge is 0.457 e. The maximum absolute atomic E-state index is 12.3. The Morgan fingerprint density at radius 3 is 2.13 bits per heavy atom. The van der Waals surface area contributed by atoms with E-state index < -0.39 is 60.7 Å². The lowest BCUT2D eigenvalue weighted by Crippen LogP contribution is -2.54. The summed E-state index contributed by atoms with van der Waals surface area (Å²) in [6, 6.07) is 8.97. The van der Waals surface area contributed by atoms with Crippen molar-refractivity contribution in [1.82, 2.24) is 0 Å². The van der Waals surface area contributed by atoms with Crippen LogP contribution in [0.15, 0.2) is 30.3 Å². The van der Waals surface area contributed by atoms with Crippen molar-refractivity contribution in [2.24, 2.45) is 0 Å². The molecule has 2 heterocycles. The van der Waals surface area contributed by atoms with E-state index in [1.807, 2.05) is 6.07 Å². The van der Waals surface area contributed by atoms with E-state index in [1.54, 1.807) is 24.3 Å². The Kier molecular flexibility index (Phi) is 6.68. The highest BCUT2D eigenvalue weighted by Gasteiger charge is 2.56. The fraction of sp³-hybridized carbons (Fsp3) is 0.500. The van der Waals surface area contributed by atoms with E-state index in [9.17, 15) is 19.2 Å². The average Bonchev–Trinajstić information content (AvgIpc) is 2.97. The van der Waals surface area contributed by atoms with Crippen LogP contribution in [-0.4, -0.2) is 61.0 Å². The average molecular weight is 422 g/mol. The Hall–Kier alpha value is -2.98. The third kappa shape index (κ3) is 4.95. The number of rotatable bonds is 5. The van der Waals surface area contributed by atoms with Gasteiger partial charge in [0, 0.05) is 26.3 Å². The molecule has 10 nitrogen and oxygen atoms in total. The van der Waals surface area contributed by atoms with Crippen molar-refractivity contribution in [2.45, 2.75) is 57.6 Å². The number of hydrogen-bond donors (Lipinski definition) is 0. The van der Waals surface area contributed by atoms with Gasteiger partial charge in [0.1, 0.15) is 6.10 Å². The van der Waals surface area contributed by atoms with E-state index in [1.165, 1.54) is 6.92 Å². The molecule has 0 spiro atoms. The normalized spacial score (nSPS) is 30.8. The highest BCUT2D eigenvalue weighted by Crippen LogP contribution is 2.35. The van der Waals surface area contributed by atoms with E-state index in [2.05, 4.69) is 0 Å². The molecule has 1 aromatic rings. The summed E-state index contributed by atoms with van der Waals surface area (Å²) in [5.41, 5.74) is 0.689. The minimum atomic E-state index is -1.46. The number of benzene rings is 1. The predicted octanol–water partition coefficient (Wildman–Crippen LogP) is 0.821. The van der Waals surface area contributed by atoms with Crippen LogP contribution < -0.4 is 0 Å². The number of hydrogen-bond acceptors (Lipinski definition) is 10. The highest BCUT2D eigenvalue weighted by molar-refractivity contribution is 5.82. The Labute approximate surface area is 172 Å². The van der Waals surface area contributed by atoms with Crippen molar-refractivity contribution in [2.75, 3.05) is 6.61 Å². The third-order valence-corrected chi connectivity index (χ3v) is 4.47. The molecule has 3 rings (SSSR count). The van der Waals surface area contributed by atoms with Gasteiger partial charge in [-0.2, -0.15) is 0 Å². The molecule has 2 saturated heterocycles. The van der Waals surface area contributed by atoms with Crippen LogP contribution in [0.1, 0.15) is 32.6 Å². The van der Waals surface area contributed by atoms with E-state index in [-0.39, 0.29) is 6.61 Å². The van der Waals surface area contributed by atoms with Crippen LogP contribution in [0.5, 0.6) is 0 Å². The van der Waals surface area contributed by atoms with Gasteiger partial charge >= 0.3 is 23.9 Å². The monoisotopic (exact) mass is 422 g/mol. The SMILES string of the molecule is CC(=O)O[C@@H]1[C@H]([C@@H]2O[C@H](c3ccccc3)OC[C@H]2OC(C)=O)OC(=O)[C@H]1OC(C)=O. The smallest absolute Gasteiger partial charge is 0.352 e. The molecule has 0 amide bonds. The zero-order valence-corrected chi connectivity index (χ0v) is 16.6. The molecule has 2 aliphatic heterocycles. The molecule has 0 N–H and O–H groups in total. The summed E-state index contributed by atoms with van der Waals surface area (Å²) in [5, 5.41) is 0. The van der Waals surface area contributed by atoms with Gasteiger partial charge in [-0.25, -0.2) is 4.79 Å². The fourth-order valence-electron chi connectivity index (χ4n) is 3.38. The summed E-state index contributed by atoms with van der Waals surface area (Å²) in [6.07, 6.45) is -6.76. The number of ether oxygens (including phenoxy) is 6. The molecule has 0 bridgehead atoms. The standard InChI is InChI=1S/C20H22O10/c1-10(21)26-14-9-25-20(13-7-5-4-6-8-13)30-15(14)16-17(27-11(2)22)18(19(24)29-16)28-12(3)23/h4-8,14-18,20H,9H2,1-3H3/t14-,15-,16+,17-,18+,20-/m1/s1. The highest BCUT2D eigenvalue weighted by atomic mass is 16.7. The molecular weight excluding hydrogens is 400 g/mol. The van der Waals surface area contributed by atoms with E-state index >= 15 is 0 Å². The topological polar surface area (TPSA) is 124 Å². The lowest BCUT2D eigenvalue weighted by atomic mass is 10.00. The second kappa shape index (κ2) is 9.23. The second-order valence-electron chi connectivity index (χ2n) is 6.83. The molecule has 6 atom stereocenters. The number of esters is 4. The third-order valence-electron chi connectivity index (χ3n) is 4.47. The van der Waals surface area contributed by atoms with Crippen LogP contribution in [0, 0.1) is 0 Å². The first-order chi connectivity index (χ1) is 14.3. The van der Waals surface area contributed by atoms with Crippen LogP contribution in [0.2, 0.25) is 0 Å². The lowest BCUT2D eigenvalue weighted by Gasteiger charge is -2.39. The molecule has 1 aromatic carbocycles. The molecule has 0 aliphatic carbocycles. The predicted molar refractivity (Wildman–Crippen MR) is 96.6 cm³/mol. The Balaban J connectivity index is 1.90. The van der Waals surface area contributed by atoms with Gasteiger partial charge in [-0.15, -0.1) is 0 Å². The van der Waals surface area contributed by atoms with E-state index in [4.69, 9.17) is 28.4 Å². The molecule has 10 heteroatoms. The van der Waals surface area contributed by atoms with Crippen molar-refractivity contribution in [1.29, 1.82) is 0 Å². The van der Waals surface area contributed by atoms with E-state index in [0.29, 0.717) is 5.56 Å². The first-order valence-corrected chi connectivity index (χ1v) is 9.30. The van der Waals surface area contributed by atoms with Gasteiger partial charge in [0.25, 0.3) is 0 Å². The van der Waals surface area contributed by atoms with Crippen LogP contribution in [-0.2, 0) is 47.6 Å². The second-order valence-corrected chi connectivity index (χ2v) is 6.83. The summed E-state index contributed by atoms with van der Waals surface area (Å²) in [7, 11) is 0. The fourth-order valence-corrected chi connectivity index (χ4v) is 3.38. The Morgan fingerprint density at radius 1 is 0.900 bits per heavy atom. The lowest BCUT2D eigenvalue weighted by molar-refractivity contribution is -0.284. The summed E-state index contributed by atoms with van der Waals surface area (Å²) in [6.45, 7) is 3.42. The van der Waals surface area contributed by atoms with Gasteiger partial charge in [-0.1, -0.05) is 30.3 Å². The maximum atomic E-state index is 12.3. The van der Waals surface area contributed by atoms with Crippen LogP contribution >= 0.6 is 0 Å². The summed E-state index contributed by atoms with van der Waals surface area (Å²) >= 11 is 0. The summed E-state index contributed by atoms with van der Waals surface area (Å²) < 4.78 is 32.5. The first kappa shape index (κ1) is 21.7. The molecule has 162 valence electrons. The van der Waals surface area contributed by atoms with Crippen LogP contribution in [0.25, 0.3) is 0 Å². The van der Waals surface area contributed by atoms with Gasteiger partial charge in [0.2, 0.25) is 6.10 Å². The maximum Gasteiger partial charge on any atom is 0.352 e. The molecule has 2 aliphatic rings. The summed E-state index contributed by atoms with van der Waals surface area (Å²) in [4.78, 5) is 47.0. The van der Waals surface area contributed by atoms with Gasteiger partial charge < -0.3 is 28.4 Å². The van der Waals surface area contributed by atoms with E-state index in [0.717, 1.165) is 13.8 Å². The molecular formula is C20H22O10. The van der Waals surface area contributed by atoms with Crippen LogP contribution in [0.4, 0.5) is 0 Å². The molecule has 0 radical (unpaired) electrons. The molecule has 0 aromatic heterocycles. The van der Waals surface area contributed by atoms with Crippen molar-refractivity contribution in [3.05, 3.63) is 35.9 Å². The number of carbonyl (C=O) groups is 4. The van der Waals surface area contributed by atoms with Crippen LogP contribution in [0.3, 0.4) is 0 Å². The molecule has 0 saturated carbocycles. The number of cyclic esters (lactones) is 1. The van der Waals surface area contributed by atoms with Gasteiger partial charge in [-0.05, 0) is 0 Å². The minimum Gasteiger partial charge on any atom is -0.457 e. The van der Waals surface area contributed by atoms with Crippen molar-refractivity contribution >= 4 is 23.9 Å². The van der Waals surface area contributed by atoms with Crippen molar-refractivity contribution < 1.29 is 47.6 Å². The zero-order valence-electron chi connectivity index (χ0n) is 16.6. The Bertz CT molecular complexity index is 807. The first-order valence-electron chi connectivity index (χ1n) is 9.30. The molecule has 0 unspecified atom stereocenters. The minimum absolute atomic E-state index is 0.0527. The molecule has 30 heavy (non-hydrogen) atoms. The van der Waals surface area contributed by atoms with Crippen molar-refractivity contribution in [3.8, 4) is 0 Å². The van der Waals surface area contributed by atoms with Crippen molar-refractivity contribution in [3.63, 3.8) is 0 Å².